The summed E-state index contributed by atoms with van der Waals surface area (Å²) < 4.78 is 0.826. The summed E-state index contributed by atoms with van der Waals surface area (Å²) in [6.45, 7) is 0.502. The van der Waals surface area contributed by atoms with Crippen molar-refractivity contribution in [1.29, 1.82) is 0 Å². The number of anilines is 1. The third kappa shape index (κ3) is 2.81. The summed E-state index contributed by atoms with van der Waals surface area (Å²) in [5.41, 5.74) is 2.26. The minimum atomic E-state index is -1.73. The lowest BCUT2D eigenvalue weighted by Crippen LogP contribution is -2.41. The number of hydrogen-bond donors (Lipinski definition) is 2. The van der Waals surface area contributed by atoms with Crippen LogP contribution in [0.25, 0.3) is 10.9 Å². The van der Waals surface area contributed by atoms with Crippen molar-refractivity contribution in [2.24, 2.45) is 0 Å². The maximum absolute atomic E-state index is 13.6. The van der Waals surface area contributed by atoms with Gasteiger partial charge in [0.2, 0.25) is 0 Å². The number of aromatic nitrogens is 1. The molecule has 1 atom stereocenters. The maximum atomic E-state index is 13.6. The van der Waals surface area contributed by atoms with Crippen LogP contribution in [0.15, 0.2) is 83.5 Å². The van der Waals surface area contributed by atoms with E-state index in [2.05, 4.69) is 33.0 Å². The molecule has 1 aliphatic heterocycles. The van der Waals surface area contributed by atoms with E-state index in [1.807, 2.05) is 60.7 Å². The number of para-hydroxylation sites is 1. The van der Waals surface area contributed by atoms with E-state index in [1.54, 1.807) is 11.1 Å². The largest absolute Gasteiger partial charge is 0.372 e. The van der Waals surface area contributed by atoms with Gasteiger partial charge >= 0.3 is 0 Å². The number of aromatic amines is 1. The number of fused-ring (bicyclic) bond motifs is 2. The Morgan fingerprint density at radius 1 is 0.966 bits per heavy atom. The van der Waals surface area contributed by atoms with Crippen molar-refractivity contribution in [1.82, 2.24) is 4.98 Å². The van der Waals surface area contributed by atoms with Crippen molar-refractivity contribution in [3.05, 3.63) is 100 Å². The number of amides is 1. The molecule has 0 bridgehead atoms. The van der Waals surface area contributed by atoms with E-state index in [1.165, 1.54) is 0 Å². The Balaban J connectivity index is 1.61. The Hall–Kier alpha value is -2.89. The quantitative estimate of drug-likeness (QED) is 0.474. The van der Waals surface area contributed by atoms with Crippen molar-refractivity contribution in [3.63, 3.8) is 0 Å². The molecule has 0 radical (unpaired) electrons. The summed E-state index contributed by atoms with van der Waals surface area (Å²) in [4.78, 5) is 18.5. The van der Waals surface area contributed by atoms with Crippen LogP contribution in [0.3, 0.4) is 0 Å². The molecule has 1 aromatic heterocycles. The van der Waals surface area contributed by atoms with Gasteiger partial charge in [0.05, 0.1) is 5.69 Å². The van der Waals surface area contributed by atoms with Gasteiger partial charge < -0.3 is 15.0 Å². The van der Waals surface area contributed by atoms with E-state index in [9.17, 15) is 9.90 Å². The Morgan fingerprint density at radius 2 is 1.72 bits per heavy atom. The number of benzene rings is 3. The van der Waals surface area contributed by atoms with Gasteiger partial charge in [-0.2, -0.15) is 0 Å². The van der Waals surface area contributed by atoms with Crippen LogP contribution in [0.2, 0.25) is 0 Å². The molecule has 1 amide bonds. The van der Waals surface area contributed by atoms with Crippen LogP contribution in [0.4, 0.5) is 5.69 Å². The number of nitrogens with one attached hydrogen (secondary N) is 1. The first kappa shape index (κ1) is 18.2. The molecule has 5 rings (SSSR count). The van der Waals surface area contributed by atoms with Crippen molar-refractivity contribution >= 4 is 38.4 Å². The average molecular weight is 447 g/mol. The number of carbonyl (C=O) groups is 1. The second-order valence-electron chi connectivity index (χ2n) is 7.31. The summed E-state index contributed by atoms with van der Waals surface area (Å²) >= 11 is 3.50. The van der Waals surface area contributed by atoms with E-state index in [-0.39, 0.29) is 5.91 Å². The first-order chi connectivity index (χ1) is 14.1. The molecule has 0 saturated heterocycles. The fourth-order valence-electron chi connectivity index (χ4n) is 4.19. The number of aliphatic hydroxyl groups is 1. The molecule has 0 aliphatic carbocycles. The van der Waals surface area contributed by atoms with Crippen LogP contribution in [-0.4, -0.2) is 22.5 Å². The van der Waals surface area contributed by atoms with Gasteiger partial charge in [0.15, 0.2) is 5.60 Å². The number of halogens is 1. The van der Waals surface area contributed by atoms with E-state index < -0.39 is 5.60 Å². The lowest BCUT2D eigenvalue weighted by Gasteiger charge is -2.23. The first-order valence-corrected chi connectivity index (χ1v) is 10.3. The monoisotopic (exact) mass is 446 g/mol. The molecule has 1 aliphatic rings. The standard InChI is InChI=1S/C24H19BrN2O2/c25-17-10-11-22-19(14-17)24(29,20-15-26-21-9-5-4-8-18(20)21)23(28)27(22)13-12-16-6-2-1-3-7-16/h1-11,14-15,26,29H,12-13H2/t24-/m0/s1. The van der Waals surface area contributed by atoms with Crippen molar-refractivity contribution in [2.45, 2.75) is 12.0 Å². The number of carbonyl (C=O) groups excluding carboxylic acids is 1. The van der Waals surface area contributed by atoms with Gasteiger partial charge in [-0.15, -0.1) is 0 Å². The van der Waals surface area contributed by atoms with Crippen LogP contribution < -0.4 is 4.90 Å². The van der Waals surface area contributed by atoms with Crippen LogP contribution >= 0.6 is 15.9 Å². The second kappa shape index (κ2) is 6.87. The fraction of sp³-hybridized carbons (Fsp3) is 0.125. The minimum Gasteiger partial charge on any atom is -0.372 e. The van der Waals surface area contributed by atoms with Gasteiger partial charge in [-0.05, 0) is 36.2 Å². The molecule has 29 heavy (non-hydrogen) atoms. The first-order valence-electron chi connectivity index (χ1n) is 9.54. The predicted octanol–water partition coefficient (Wildman–Crippen LogP) is 4.76. The summed E-state index contributed by atoms with van der Waals surface area (Å²) in [7, 11) is 0. The van der Waals surface area contributed by atoms with Crippen molar-refractivity contribution < 1.29 is 9.90 Å². The van der Waals surface area contributed by atoms with Gasteiger partial charge in [-0.3, -0.25) is 4.79 Å². The van der Waals surface area contributed by atoms with Crippen LogP contribution in [0.5, 0.6) is 0 Å². The van der Waals surface area contributed by atoms with Crippen LogP contribution in [-0.2, 0) is 16.8 Å². The van der Waals surface area contributed by atoms with Gasteiger partial charge in [0, 0.05) is 39.2 Å². The highest BCUT2D eigenvalue weighted by Crippen LogP contribution is 2.47. The van der Waals surface area contributed by atoms with E-state index >= 15 is 0 Å². The third-order valence-corrected chi connectivity index (χ3v) is 6.13. The normalized spacial score (nSPS) is 18.4. The van der Waals surface area contributed by atoms with E-state index in [4.69, 9.17) is 0 Å². The zero-order valence-electron chi connectivity index (χ0n) is 15.6. The lowest BCUT2D eigenvalue weighted by atomic mass is 9.87. The topological polar surface area (TPSA) is 56.3 Å². The Labute approximate surface area is 176 Å². The molecule has 2 N–H and O–H groups in total. The Morgan fingerprint density at radius 3 is 2.55 bits per heavy atom. The highest BCUT2D eigenvalue weighted by molar-refractivity contribution is 9.10. The molecule has 2 heterocycles. The summed E-state index contributed by atoms with van der Waals surface area (Å²) in [5.74, 6) is -0.314. The molecule has 4 nitrogen and oxygen atoms in total. The summed E-state index contributed by atoms with van der Waals surface area (Å²) in [5, 5.41) is 12.7. The zero-order chi connectivity index (χ0) is 20.0. The van der Waals surface area contributed by atoms with Gasteiger partial charge in [-0.1, -0.05) is 64.5 Å². The number of hydrogen-bond acceptors (Lipinski definition) is 2. The fourth-order valence-corrected chi connectivity index (χ4v) is 4.55. The van der Waals surface area contributed by atoms with Gasteiger partial charge in [0.1, 0.15) is 0 Å². The molecule has 3 aromatic carbocycles. The molecule has 0 fully saturated rings. The molecular weight excluding hydrogens is 428 g/mol. The second-order valence-corrected chi connectivity index (χ2v) is 8.23. The molecule has 4 aromatic rings. The number of nitrogens with zero attached hydrogens (tertiary/aromatic N) is 1. The van der Waals surface area contributed by atoms with E-state index in [0.29, 0.717) is 24.1 Å². The highest BCUT2D eigenvalue weighted by atomic mass is 79.9. The van der Waals surface area contributed by atoms with Gasteiger partial charge in [0.25, 0.3) is 5.91 Å². The predicted molar refractivity (Wildman–Crippen MR) is 118 cm³/mol. The Bertz CT molecular complexity index is 1220. The molecule has 0 saturated carbocycles. The molecular formula is C24H19BrN2O2. The number of H-pyrrole nitrogens is 1. The summed E-state index contributed by atoms with van der Waals surface area (Å²) in [6.07, 6.45) is 2.46. The molecule has 5 heteroatoms. The summed E-state index contributed by atoms with van der Waals surface area (Å²) in [6, 6.07) is 23.4. The SMILES string of the molecule is O=C1N(CCc2ccccc2)c2ccc(Br)cc2[C@]1(O)c1c[nH]c2ccccc12. The molecule has 0 unspecified atom stereocenters. The van der Waals surface area contributed by atoms with Gasteiger partial charge in [-0.25, -0.2) is 0 Å². The molecule has 144 valence electrons. The Kier molecular flexibility index (Phi) is 4.30. The molecule has 0 spiro atoms. The van der Waals surface area contributed by atoms with Crippen molar-refractivity contribution in [3.8, 4) is 0 Å². The smallest absolute Gasteiger partial charge is 0.268 e. The van der Waals surface area contributed by atoms with Crippen LogP contribution in [0, 0.1) is 0 Å². The average Bonchev–Trinajstić information content (AvgIpc) is 3.27. The van der Waals surface area contributed by atoms with E-state index in [0.717, 1.165) is 26.6 Å². The maximum Gasteiger partial charge on any atom is 0.268 e. The van der Waals surface area contributed by atoms with Crippen LogP contribution in [0.1, 0.15) is 16.7 Å². The minimum absolute atomic E-state index is 0.314. The van der Waals surface area contributed by atoms with Crippen molar-refractivity contribution in [2.75, 3.05) is 11.4 Å². The highest BCUT2D eigenvalue weighted by Gasteiger charge is 2.52. The third-order valence-electron chi connectivity index (χ3n) is 5.64. The number of rotatable bonds is 4. The zero-order valence-corrected chi connectivity index (χ0v) is 17.2. The lowest BCUT2D eigenvalue weighted by molar-refractivity contribution is -0.132.